The molecule has 100 valence electrons. The van der Waals surface area contributed by atoms with Crippen molar-refractivity contribution >= 4 is 0 Å². The van der Waals surface area contributed by atoms with Crippen LogP contribution in [0.15, 0.2) is 24.3 Å². The van der Waals surface area contributed by atoms with Gasteiger partial charge in [-0.25, -0.2) is 0 Å². The number of rotatable bonds is 3. The second-order valence-electron chi connectivity index (χ2n) is 5.52. The fourth-order valence-corrected chi connectivity index (χ4v) is 3.15. The summed E-state index contributed by atoms with van der Waals surface area (Å²) in [4.78, 5) is 2.15. The van der Waals surface area contributed by atoms with Crippen LogP contribution in [0.1, 0.15) is 37.3 Å². The van der Waals surface area contributed by atoms with Crippen LogP contribution in [0.5, 0.6) is 5.75 Å². The van der Waals surface area contributed by atoms with Gasteiger partial charge in [0.25, 0.3) is 0 Å². The predicted octanol–water partition coefficient (Wildman–Crippen LogP) is 2.55. The van der Waals surface area contributed by atoms with Crippen molar-refractivity contribution in [2.24, 2.45) is 5.92 Å². The highest BCUT2D eigenvalue weighted by Gasteiger charge is 2.32. The van der Waals surface area contributed by atoms with Gasteiger partial charge in [-0.3, -0.25) is 0 Å². The molecule has 0 aromatic heterocycles. The lowest BCUT2D eigenvalue weighted by atomic mass is 9.78. The molecule has 1 fully saturated rings. The molecule has 3 nitrogen and oxygen atoms in total. The molecular weight excluding hydrogens is 226 g/mol. The van der Waals surface area contributed by atoms with Crippen molar-refractivity contribution < 1.29 is 10.2 Å². The van der Waals surface area contributed by atoms with E-state index < -0.39 is 0 Å². The highest BCUT2D eigenvalue weighted by atomic mass is 16.3. The summed E-state index contributed by atoms with van der Waals surface area (Å²) in [7, 11) is 4.08. The van der Waals surface area contributed by atoms with Gasteiger partial charge in [-0.15, -0.1) is 0 Å². The SMILES string of the molecule is CN(C)C(c1cccc(O)c1)[C@@H]1CCCC[C@@H]1O. The predicted molar refractivity (Wildman–Crippen MR) is 72.5 cm³/mol. The van der Waals surface area contributed by atoms with Crippen molar-refractivity contribution in [3.63, 3.8) is 0 Å². The van der Waals surface area contributed by atoms with E-state index in [1.807, 2.05) is 32.3 Å². The van der Waals surface area contributed by atoms with Crippen molar-refractivity contribution in [1.82, 2.24) is 4.90 Å². The van der Waals surface area contributed by atoms with E-state index in [1.54, 1.807) is 6.07 Å². The third kappa shape index (κ3) is 2.85. The largest absolute Gasteiger partial charge is 0.508 e. The van der Waals surface area contributed by atoms with Gasteiger partial charge < -0.3 is 15.1 Å². The van der Waals surface area contributed by atoms with Crippen LogP contribution in [-0.2, 0) is 0 Å². The number of phenolic OH excluding ortho intramolecular Hbond substituents is 1. The van der Waals surface area contributed by atoms with Crippen LogP contribution in [0.2, 0.25) is 0 Å². The first-order valence-corrected chi connectivity index (χ1v) is 6.73. The molecule has 1 aromatic carbocycles. The number of nitrogens with zero attached hydrogens (tertiary/aromatic N) is 1. The number of hydrogen-bond acceptors (Lipinski definition) is 3. The van der Waals surface area contributed by atoms with Crippen LogP contribution in [0, 0.1) is 5.92 Å². The van der Waals surface area contributed by atoms with Crippen LogP contribution in [0.25, 0.3) is 0 Å². The summed E-state index contributed by atoms with van der Waals surface area (Å²) in [6.45, 7) is 0. The van der Waals surface area contributed by atoms with E-state index in [0.29, 0.717) is 5.75 Å². The quantitative estimate of drug-likeness (QED) is 0.865. The molecule has 3 atom stereocenters. The van der Waals surface area contributed by atoms with E-state index in [0.717, 1.165) is 24.8 Å². The lowest BCUT2D eigenvalue weighted by Gasteiger charge is -2.38. The Morgan fingerprint density at radius 3 is 2.56 bits per heavy atom. The Hall–Kier alpha value is -1.06. The maximum Gasteiger partial charge on any atom is 0.115 e. The average Bonchev–Trinajstić information content (AvgIpc) is 2.32. The zero-order valence-corrected chi connectivity index (χ0v) is 11.2. The molecule has 1 aromatic rings. The number of aliphatic hydroxyl groups is 1. The van der Waals surface area contributed by atoms with Crippen molar-refractivity contribution in [2.45, 2.75) is 37.8 Å². The third-order valence-corrected chi connectivity index (χ3v) is 3.96. The highest BCUT2D eigenvalue weighted by molar-refractivity contribution is 5.30. The molecule has 1 aliphatic carbocycles. The van der Waals surface area contributed by atoms with E-state index in [1.165, 1.54) is 6.42 Å². The summed E-state index contributed by atoms with van der Waals surface area (Å²) < 4.78 is 0. The summed E-state index contributed by atoms with van der Waals surface area (Å²) in [6, 6.07) is 7.58. The maximum atomic E-state index is 10.2. The van der Waals surface area contributed by atoms with Crippen molar-refractivity contribution in [3.05, 3.63) is 29.8 Å². The molecule has 2 N–H and O–H groups in total. The van der Waals surface area contributed by atoms with Gasteiger partial charge in [0.05, 0.1) is 6.10 Å². The zero-order chi connectivity index (χ0) is 13.1. The van der Waals surface area contributed by atoms with Crippen LogP contribution >= 0.6 is 0 Å². The fourth-order valence-electron chi connectivity index (χ4n) is 3.15. The van der Waals surface area contributed by atoms with Crippen LogP contribution in [0.3, 0.4) is 0 Å². The standard InChI is InChI=1S/C15H23NO2/c1-16(2)15(11-6-5-7-12(17)10-11)13-8-3-4-9-14(13)18/h5-7,10,13-15,17-18H,3-4,8-9H2,1-2H3/t13-,14+,15?/m1/s1. The Bertz CT molecular complexity index is 392. The van der Waals surface area contributed by atoms with Gasteiger partial charge in [0.1, 0.15) is 5.75 Å². The van der Waals surface area contributed by atoms with Gasteiger partial charge in [0.2, 0.25) is 0 Å². The first-order chi connectivity index (χ1) is 8.59. The van der Waals surface area contributed by atoms with Gasteiger partial charge in [0, 0.05) is 12.0 Å². The number of aliphatic hydroxyl groups excluding tert-OH is 1. The minimum absolute atomic E-state index is 0.174. The Kier molecular flexibility index (Phi) is 4.25. The number of benzene rings is 1. The van der Waals surface area contributed by atoms with Crippen LogP contribution < -0.4 is 0 Å². The molecule has 1 unspecified atom stereocenters. The Morgan fingerprint density at radius 2 is 1.94 bits per heavy atom. The van der Waals surface area contributed by atoms with Crippen molar-refractivity contribution in [2.75, 3.05) is 14.1 Å². The first-order valence-electron chi connectivity index (χ1n) is 6.73. The second-order valence-corrected chi connectivity index (χ2v) is 5.52. The topological polar surface area (TPSA) is 43.7 Å². The monoisotopic (exact) mass is 249 g/mol. The smallest absolute Gasteiger partial charge is 0.115 e. The van der Waals surface area contributed by atoms with Crippen LogP contribution in [0.4, 0.5) is 0 Å². The lowest BCUT2D eigenvalue weighted by molar-refractivity contribution is 0.0220. The van der Waals surface area contributed by atoms with E-state index in [-0.39, 0.29) is 18.1 Å². The molecular formula is C15H23NO2. The molecule has 0 amide bonds. The molecule has 2 rings (SSSR count). The summed E-state index contributed by atoms with van der Waals surface area (Å²) in [5, 5.41) is 19.9. The molecule has 0 heterocycles. The van der Waals surface area contributed by atoms with E-state index >= 15 is 0 Å². The Balaban J connectivity index is 2.27. The van der Waals surface area contributed by atoms with Gasteiger partial charge in [-0.05, 0) is 44.6 Å². The highest BCUT2D eigenvalue weighted by Crippen LogP contribution is 2.38. The van der Waals surface area contributed by atoms with Gasteiger partial charge in [0.15, 0.2) is 0 Å². The molecule has 0 saturated heterocycles. The van der Waals surface area contributed by atoms with E-state index in [2.05, 4.69) is 4.90 Å². The Labute approximate surface area is 109 Å². The minimum Gasteiger partial charge on any atom is -0.508 e. The molecule has 18 heavy (non-hydrogen) atoms. The zero-order valence-electron chi connectivity index (χ0n) is 11.2. The van der Waals surface area contributed by atoms with E-state index in [4.69, 9.17) is 0 Å². The van der Waals surface area contributed by atoms with Crippen molar-refractivity contribution in [1.29, 1.82) is 0 Å². The summed E-state index contributed by atoms with van der Waals surface area (Å²) >= 11 is 0. The second kappa shape index (κ2) is 5.72. The Morgan fingerprint density at radius 1 is 1.22 bits per heavy atom. The molecule has 1 saturated carbocycles. The van der Waals surface area contributed by atoms with Crippen molar-refractivity contribution in [3.8, 4) is 5.75 Å². The lowest BCUT2D eigenvalue weighted by Crippen LogP contribution is -2.36. The molecule has 1 aliphatic rings. The molecule has 0 radical (unpaired) electrons. The van der Waals surface area contributed by atoms with E-state index in [9.17, 15) is 10.2 Å². The summed E-state index contributed by atoms with van der Waals surface area (Å²) in [5.74, 6) is 0.556. The normalized spacial score (nSPS) is 26.2. The molecule has 0 spiro atoms. The number of aromatic hydroxyl groups is 1. The van der Waals surface area contributed by atoms with Crippen LogP contribution in [-0.4, -0.2) is 35.3 Å². The molecule has 3 heteroatoms. The minimum atomic E-state index is -0.228. The number of phenols is 1. The van der Waals surface area contributed by atoms with Gasteiger partial charge in [-0.2, -0.15) is 0 Å². The summed E-state index contributed by atoms with van der Waals surface area (Å²) in [5.41, 5.74) is 1.09. The summed E-state index contributed by atoms with van der Waals surface area (Å²) in [6.07, 6.45) is 4.03. The van der Waals surface area contributed by atoms with Gasteiger partial charge in [-0.1, -0.05) is 25.0 Å². The molecule has 0 aliphatic heterocycles. The fraction of sp³-hybridized carbons (Fsp3) is 0.600. The maximum absolute atomic E-state index is 10.2. The van der Waals surface area contributed by atoms with Gasteiger partial charge >= 0.3 is 0 Å². The first kappa shape index (κ1) is 13.4. The number of hydrogen-bond donors (Lipinski definition) is 2. The molecule has 0 bridgehead atoms. The average molecular weight is 249 g/mol. The third-order valence-electron chi connectivity index (χ3n) is 3.96.